The number of nitrogens with zero attached hydrogens (tertiary/aromatic N) is 2. The Morgan fingerprint density at radius 1 is 1.00 bits per heavy atom. The zero-order valence-corrected chi connectivity index (χ0v) is 17.3. The normalized spacial score (nSPS) is 14.0. The van der Waals surface area contributed by atoms with Crippen LogP contribution >= 0.6 is 12.2 Å². The second-order valence-electron chi connectivity index (χ2n) is 7.22. The molecule has 1 aliphatic heterocycles. The third kappa shape index (κ3) is 3.66. The summed E-state index contributed by atoms with van der Waals surface area (Å²) in [6.07, 6.45) is 3.22. The van der Waals surface area contributed by atoms with E-state index in [1.807, 2.05) is 4.90 Å². The third-order valence-electron chi connectivity index (χ3n) is 5.33. The molecule has 30 heavy (non-hydrogen) atoms. The highest BCUT2D eigenvalue weighted by atomic mass is 32.1. The number of carbonyl (C=O) groups excluding carboxylic acids is 2. The molecule has 2 heterocycles. The van der Waals surface area contributed by atoms with Crippen LogP contribution in [-0.4, -0.2) is 46.5 Å². The Bertz CT molecular complexity index is 1240. The lowest BCUT2D eigenvalue weighted by molar-refractivity contribution is 0.0600. The van der Waals surface area contributed by atoms with Crippen molar-refractivity contribution in [2.45, 2.75) is 19.3 Å². The van der Waals surface area contributed by atoms with Gasteiger partial charge in [0, 0.05) is 18.7 Å². The summed E-state index contributed by atoms with van der Waals surface area (Å²) in [5.74, 6) is -0.484. The molecule has 0 atom stereocenters. The fourth-order valence-corrected chi connectivity index (χ4v) is 4.03. The molecule has 0 saturated carbocycles. The van der Waals surface area contributed by atoms with Gasteiger partial charge in [-0.2, -0.15) is 0 Å². The van der Waals surface area contributed by atoms with Crippen molar-refractivity contribution in [1.29, 1.82) is 0 Å². The number of hydrogen-bond acceptors (Lipinski definition) is 5. The Morgan fingerprint density at radius 3 is 2.33 bits per heavy atom. The summed E-state index contributed by atoms with van der Waals surface area (Å²) in [6.45, 7) is 1.56. The predicted molar refractivity (Wildman–Crippen MR) is 116 cm³/mol. The van der Waals surface area contributed by atoms with E-state index in [0.29, 0.717) is 27.7 Å². The Balaban J connectivity index is 1.70. The maximum atomic E-state index is 13.1. The predicted octanol–water partition coefficient (Wildman–Crippen LogP) is 3.46. The molecule has 1 saturated heterocycles. The van der Waals surface area contributed by atoms with Crippen molar-refractivity contribution in [3.63, 3.8) is 0 Å². The van der Waals surface area contributed by atoms with Gasteiger partial charge in [0.1, 0.15) is 0 Å². The summed E-state index contributed by atoms with van der Waals surface area (Å²) >= 11 is 5.39. The number of benzene rings is 2. The van der Waals surface area contributed by atoms with E-state index < -0.39 is 5.97 Å². The van der Waals surface area contributed by atoms with Gasteiger partial charge in [-0.1, -0.05) is 0 Å². The second-order valence-corrected chi connectivity index (χ2v) is 7.61. The molecule has 1 aromatic heterocycles. The lowest BCUT2D eigenvalue weighted by Crippen LogP contribution is -2.35. The van der Waals surface area contributed by atoms with Crippen molar-refractivity contribution in [2.24, 2.45) is 0 Å². The van der Waals surface area contributed by atoms with E-state index in [4.69, 9.17) is 17.0 Å². The highest BCUT2D eigenvalue weighted by Crippen LogP contribution is 2.17. The van der Waals surface area contributed by atoms with Crippen LogP contribution in [0.3, 0.4) is 0 Å². The maximum Gasteiger partial charge on any atom is 0.337 e. The average Bonchev–Trinajstić information content (AvgIpc) is 2.78. The molecule has 1 amide bonds. The van der Waals surface area contributed by atoms with Gasteiger partial charge in [-0.3, -0.25) is 14.2 Å². The first-order valence-corrected chi connectivity index (χ1v) is 10.2. The number of hydrogen-bond donors (Lipinski definition) is 1. The van der Waals surface area contributed by atoms with E-state index in [0.717, 1.165) is 32.4 Å². The largest absolute Gasteiger partial charge is 0.465 e. The maximum absolute atomic E-state index is 13.1. The Kier molecular flexibility index (Phi) is 5.50. The summed E-state index contributed by atoms with van der Waals surface area (Å²) in [5, 5.41) is 0.393. The van der Waals surface area contributed by atoms with Crippen LogP contribution in [0.5, 0.6) is 0 Å². The molecule has 0 spiro atoms. The van der Waals surface area contributed by atoms with E-state index in [1.165, 1.54) is 17.7 Å². The number of H-pyrrole nitrogens is 1. The first-order chi connectivity index (χ1) is 14.5. The van der Waals surface area contributed by atoms with Gasteiger partial charge in [0.25, 0.3) is 11.5 Å². The zero-order valence-electron chi connectivity index (χ0n) is 16.5. The first kappa shape index (κ1) is 20.0. The van der Waals surface area contributed by atoms with Gasteiger partial charge in [0.15, 0.2) is 4.77 Å². The van der Waals surface area contributed by atoms with Gasteiger partial charge in [-0.05, 0) is 73.9 Å². The monoisotopic (exact) mass is 423 g/mol. The number of ether oxygens (including phenoxy) is 1. The van der Waals surface area contributed by atoms with Crippen molar-refractivity contribution >= 4 is 35.0 Å². The second kappa shape index (κ2) is 8.23. The summed E-state index contributed by atoms with van der Waals surface area (Å²) in [6, 6.07) is 11.5. The number of rotatable bonds is 3. The van der Waals surface area contributed by atoms with Crippen molar-refractivity contribution < 1.29 is 14.3 Å². The standard InChI is InChI=1S/C22H21N3O4S/c1-29-21(28)15-7-10-17-18(13-15)23-22(30)25(20(17)27)16-8-5-14(6-9-16)19(26)24-11-3-2-4-12-24/h5-10,13H,2-4,11-12H2,1H3,(H,23,30). The number of fused-ring (bicyclic) bond motifs is 1. The molecule has 1 aliphatic rings. The van der Waals surface area contributed by atoms with Crippen molar-refractivity contribution in [3.8, 4) is 5.69 Å². The van der Waals surface area contributed by atoms with Crippen LogP contribution in [0.2, 0.25) is 0 Å². The van der Waals surface area contributed by atoms with Crippen LogP contribution in [0.4, 0.5) is 0 Å². The van der Waals surface area contributed by atoms with Crippen LogP contribution in [0.15, 0.2) is 47.3 Å². The number of amides is 1. The number of likely N-dealkylation sites (tertiary alicyclic amines) is 1. The van der Waals surface area contributed by atoms with Gasteiger partial charge < -0.3 is 14.6 Å². The number of esters is 1. The summed E-state index contributed by atoms with van der Waals surface area (Å²) in [4.78, 5) is 42.3. The Morgan fingerprint density at radius 2 is 1.67 bits per heavy atom. The molecule has 7 nitrogen and oxygen atoms in total. The first-order valence-electron chi connectivity index (χ1n) is 9.77. The molecule has 2 aromatic carbocycles. The number of carbonyl (C=O) groups is 2. The third-order valence-corrected chi connectivity index (χ3v) is 5.62. The summed E-state index contributed by atoms with van der Waals surface area (Å²) in [5.41, 5.74) is 1.64. The molecule has 154 valence electrons. The zero-order chi connectivity index (χ0) is 21.3. The number of methoxy groups -OCH3 is 1. The molecule has 3 aromatic rings. The van der Waals surface area contributed by atoms with Gasteiger partial charge in [0.2, 0.25) is 0 Å². The van der Waals surface area contributed by atoms with E-state index in [2.05, 4.69) is 4.98 Å². The minimum Gasteiger partial charge on any atom is -0.465 e. The fourth-order valence-electron chi connectivity index (χ4n) is 3.73. The minimum absolute atomic E-state index is 0.00704. The van der Waals surface area contributed by atoms with Crippen molar-refractivity contribution in [1.82, 2.24) is 14.5 Å². The molecular formula is C22H21N3O4S. The number of piperidine rings is 1. The quantitative estimate of drug-likeness (QED) is 0.515. The van der Waals surface area contributed by atoms with Crippen molar-refractivity contribution in [3.05, 3.63) is 68.7 Å². The van der Waals surface area contributed by atoms with E-state index in [-0.39, 0.29) is 16.2 Å². The van der Waals surface area contributed by atoms with E-state index in [1.54, 1.807) is 36.4 Å². The molecule has 4 rings (SSSR count). The number of nitrogens with one attached hydrogen (secondary N) is 1. The molecule has 0 bridgehead atoms. The molecular weight excluding hydrogens is 402 g/mol. The van der Waals surface area contributed by atoms with Crippen LogP contribution in [-0.2, 0) is 4.74 Å². The average molecular weight is 423 g/mol. The van der Waals surface area contributed by atoms with Gasteiger partial charge in [-0.25, -0.2) is 4.79 Å². The van der Waals surface area contributed by atoms with Crippen LogP contribution in [0, 0.1) is 4.77 Å². The lowest BCUT2D eigenvalue weighted by atomic mass is 10.1. The highest BCUT2D eigenvalue weighted by molar-refractivity contribution is 7.71. The molecule has 0 radical (unpaired) electrons. The molecule has 1 N–H and O–H groups in total. The van der Waals surface area contributed by atoms with E-state index in [9.17, 15) is 14.4 Å². The van der Waals surface area contributed by atoms with Gasteiger partial charge >= 0.3 is 5.97 Å². The molecule has 0 unspecified atom stereocenters. The van der Waals surface area contributed by atoms with E-state index >= 15 is 0 Å². The smallest absolute Gasteiger partial charge is 0.337 e. The lowest BCUT2D eigenvalue weighted by Gasteiger charge is -2.26. The van der Waals surface area contributed by atoms with Crippen LogP contribution in [0.25, 0.3) is 16.6 Å². The molecule has 1 fully saturated rings. The molecule has 0 aliphatic carbocycles. The Labute approximate surface area is 177 Å². The summed E-state index contributed by atoms with van der Waals surface area (Å²) in [7, 11) is 1.30. The highest BCUT2D eigenvalue weighted by Gasteiger charge is 2.18. The number of aromatic amines is 1. The summed E-state index contributed by atoms with van der Waals surface area (Å²) < 4.78 is 6.30. The Hall–Kier alpha value is -3.26. The van der Waals surface area contributed by atoms with Crippen molar-refractivity contribution in [2.75, 3.05) is 20.2 Å². The number of aromatic nitrogens is 2. The fraction of sp³-hybridized carbons (Fsp3) is 0.273. The van der Waals surface area contributed by atoms with Gasteiger partial charge in [0.05, 0.1) is 29.3 Å². The topological polar surface area (TPSA) is 84.4 Å². The van der Waals surface area contributed by atoms with Crippen LogP contribution < -0.4 is 5.56 Å². The van der Waals surface area contributed by atoms with Crippen LogP contribution in [0.1, 0.15) is 40.0 Å². The van der Waals surface area contributed by atoms with Gasteiger partial charge in [-0.15, -0.1) is 0 Å². The molecule has 8 heteroatoms. The SMILES string of the molecule is COC(=O)c1ccc2c(=O)n(-c3ccc(C(=O)N4CCCCC4)cc3)c(=S)[nH]c2c1. The minimum atomic E-state index is -0.491.